The van der Waals surface area contributed by atoms with Crippen LogP contribution in [0.3, 0.4) is 0 Å². The van der Waals surface area contributed by atoms with E-state index < -0.39 is 17.7 Å². The zero-order valence-electron chi connectivity index (χ0n) is 13.7. The summed E-state index contributed by atoms with van der Waals surface area (Å²) in [4.78, 5) is 11.9. The van der Waals surface area contributed by atoms with Crippen LogP contribution in [-0.4, -0.2) is 26.1 Å². The Labute approximate surface area is 136 Å². The third kappa shape index (κ3) is 2.30. The smallest absolute Gasteiger partial charge is 0.230 e. The average molecular weight is 320 g/mol. The van der Waals surface area contributed by atoms with Gasteiger partial charge in [0.25, 0.3) is 0 Å². The van der Waals surface area contributed by atoms with Gasteiger partial charge in [-0.3, -0.25) is 0 Å². The lowest BCUT2D eigenvalue weighted by molar-refractivity contribution is -0.558. The molecule has 2 bridgehead atoms. The first-order valence-electron chi connectivity index (χ1n) is 8.44. The predicted octanol–water partition coefficient (Wildman–Crippen LogP) is 3.52. The molecule has 3 saturated heterocycles. The van der Waals surface area contributed by atoms with Crippen molar-refractivity contribution in [2.45, 2.75) is 56.2 Å². The Morgan fingerprint density at radius 3 is 2.57 bits per heavy atom. The van der Waals surface area contributed by atoms with Gasteiger partial charge in [0.15, 0.2) is 11.9 Å². The van der Waals surface area contributed by atoms with E-state index in [-0.39, 0.29) is 0 Å². The molecule has 4 aliphatic rings. The molecule has 2 unspecified atom stereocenters. The van der Waals surface area contributed by atoms with E-state index in [1.54, 1.807) is 14.2 Å². The zero-order valence-corrected chi connectivity index (χ0v) is 13.7. The minimum atomic E-state index is -0.893. The summed E-state index contributed by atoms with van der Waals surface area (Å²) in [6.07, 6.45) is 5.82. The molecule has 1 spiro atoms. The monoisotopic (exact) mass is 320 g/mol. The minimum absolute atomic E-state index is 0.397. The molecule has 1 aromatic carbocycles. The van der Waals surface area contributed by atoms with Crippen LogP contribution in [0, 0.1) is 5.92 Å². The van der Waals surface area contributed by atoms with Crippen molar-refractivity contribution in [3.63, 3.8) is 0 Å². The first kappa shape index (κ1) is 15.4. The van der Waals surface area contributed by atoms with Crippen LogP contribution in [-0.2, 0) is 25.0 Å². The molecule has 4 atom stereocenters. The van der Waals surface area contributed by atoms with Gasteiger partial charge in [-0.05, 0) is 49.4 Å². The van der Waals surface area contributed by atoms with Crippen molar-refractivity contribution in [2.24, 2.45) is 5.92 Å². The lowest BCUT2D eigenvalue weighted by Crippen LogP contribution is -2.59. The summed E-state index contributed by atoms with van der Waals surface area (Å²) in [7, 11) is 3.35. The van der Waals surface area contributed by atoms with Crippen molar-refractivity contribution in [1.29, 1.82) is 0 Å². The van der Waals surface area contributed by atoms with Crippen LogP contribution in [0.1, 0.15) is 44.1 Å². The van der Waals surface area contributed by atoms with Crippen molar-refractivity contribution < 1.29 is 24.0 Å². The Hall–Kier alpha value is -1.14. The number of hydrogen-bond acceptors (Lipinski definition) is 5. The summed E-state index contributed by atoms with van der Waals surface area (Å²) >= 11 is 0. The van der Waals surface area contributed by atoms with Gasteiger partial charge in [0.1, 0.15) is 5.75 Å². The summed E-state index contributed by atoms with van der Waals surface area (Å²) in [6, 6.07) is 7.78. The van der Waals surface area contributed by atoms with Crippen molar-refractivity contribution in [3.05, 3.63) is 29.8 Å². The highest BCUT2D eigenvalue weighted by molar-refractivity contribution is 5.30. The Morgan fingerprint density at radius 1 is 1.00 bits per heavy atom. The summed E-state index contributed by atoms with van der Waals surface area (Å²) in [5.74, 6) is 0.336. The molecule has 5 heteroatoms. The molecule has 5 rings (SSSR count). The number of fused-ring (bicyclic) bond motifs is 3. The third-order valence-electron chi connectivity index (χ3n) is 5.65. The highest BCUT2D eigenvalue weighted by Crippen LogP contribution is 2.55. The molecular weight excluding hydrogens is 296 g/mol. The molecule has 1 saturated carbocycles. The predicted molar refractivity (Wildman–Crippen MR) is 82.6 cm³/mol. The first-order chi connectivity index (χ1) is 11.2. The van der Waals surface area contributed by atoms with Gasteiger partial charge in [-0.15, -0.1) is 0 Å². The quantitative estimate of drug-likeness (QED) is 0.797. The molecule has 3 heterocycles. The Morgan fingerprint density at radius 2 is 1.83 bits per heavy atom. The fourth-order valence-electron chi connectivity index (χ4n) is 4.34. The number of methoxy groups -OCH3 is 2. The van der Waals surface area contributed by atoms with Crippen molar-refractivity contribution in [3.8, 4) is 5.75 Å². The molecule has 0 amide bonds. The normalized spacial score (nSPS) is 39.6. The lowest BCUT2D eigenvalue weighted by atomic mass is 9.73. The number of hydrogen-bond donors (Lipinski definition) is 0. The zero-order chi connectivity index (χ0) is 15.9. The SMILES string of the molecule is COc1ccc([C@@]23CC[C@H]4CCCCC4(OO2)C(OC)O3)cc1. The van der Waals surface area contributed by atoms with Gasteiger partial charge in [0.05, 0.1) is 7.11 Å². The fraction of sp³-hybridized carbons (Fsp3) is 0.667. The summed E-state index contributed by atoms with van der Waals surface area (Å²) < 4.78 is 17.3. The Bertz CT molecular complexity index is 555. The summed E-state index contributed by atoms with van der Waals surface area (Å²) in [5, 5.41) is 0. The maximum absolute atomic E-state index is 6.36. The first-order valence-corrected chi connectivity index (χ1v) is 8.44. The van der Waals surface area contributed by atoms with Crippen LogP contribution in [0.25, 0.3) is 0 Å². The topological polar surface area (TPSA) is 46.2 Å². The van der Waals surface area contributed by atoms with Gasteiger partial charge in [0, 0.05) is 19.1 Å². The molecule has 4 fully saturated rings. The summed E-state index contributed by atoms with van der Waals surface area (Å²) in [6.45, 7) is 0. The molecule has 3 aliphatic heterocycles. The van der Waals surface area contributed by atoms with E-state index in [1.807, 2.05) is 24.3 Å². The highest BCUT2D eigenvalue weighted by atomic mass is 17.3. The van der Waals surface area contributed by atoms with Gasteiger partial charge in [-0.1, -0.05) is 12.8 Å². The third-order valence-corrected chi connectivity index (χ3v) is 5.65. The highest BCUT2D eigenvalue weighted by Gasteiger charge is 2.61. The molecule has 1 aliphatic carbocycles. The van der Waals surface area contributed by atoms with Gasteiger partial charge < -0.3 is 14.2 Å². The van der Waals surface area contributed by atoms with Crippen LogP contribution in [0.5, 0.6) is 5.75 Å². The van der Waals surface area contributed by atoms with Gasteiger partial charge in [-0.2, -0.15) is 4.89 Å². The van der Waals surface area contributed by atoms with Crippen LogP contribution < -0.4 is 4.74 Å². The molecule has 1 aromatic rings. The van der Waals surface area contributed by atoms with E-state index in [0.717, 1.165) is 43.4 Å². The van der Waals surface area contributed by atoms with E-state index in [4.69, 9.17) is 24.0 Å². The Kier molecular flexibility index (Phi) is 3.84. The molecule has 23 heavy (non-hydrogen) atoms. The van der Waals surface area contributed by atoms with Crippen molar-refractivity contribution in [1.82, 2.24) is 0 Å². The van der Waals surface area contributed by atoms with E-state index in [2.05, 4.69) is 0 Å². The van der Waals surface area contributed by atoms with Crippen LogP contribution >= 0.6 is 0 Å². The minimum Gasteiger partial charge on any atom is -0.497 e. The molecule has 126 valence electrons. The van der Waals surface area contributed by atoms with Crippen LogP contribution in [0.4, 0.5) is 0 Å². The number of ether oxygens (including phenoxy) is 3. The van der Waals surface area contributed by atoms with E-state index in [1.165, 1.54) is 6.42 Å². The van der Waals surface area contributed by atoms with Crippen LogP contribution in [0.15, 0.2) is 24.3 Å². The largest absolute Gasteiger partial charge is 0.497 e. The van der Waals surface area contributed by atoms with Crippen LogP contribution in [0.2, 0.25) is 0 Å². The fourth-order valence-corrected chi connectivity index (χ4v) is 4.34. The number of benzene rings is 1. The van der Waals surface area contributed by atoms with E-state index in [9.17, 15) is 0 Å². The standard InChI is InChI=1S/C18H24O5/c1-19-15-8-6-14(7-9-15)18-12-10-13-5-3-4-11-17(13,22-23-18)16(20-2)21-18/h6-9,13,16H,3-5,10-12H2,1-2H3/t13-,16?,17?,18-/m1/s1. The Balaban J connectivity index is 1.70. The van der Waals surface area contributed by atoms with Crippen molar-refractivity contribution in [2.75, 3.05) is 14.2 Å². The van der Waals surface area contributed by atoms with Crippen molar-refractivity contribution >= 4 is 0 Å². The van der Waals surface area contributed by atoms with E-state index >= 15 is 0 Å². The maximum Gasteiger partial charge on any atom is 0.230 e. The van der Waals surface area contributed by atoms with Gasteiger partial charge in [0.2, 0.25) is 5.79 Å². The molecule has 5 nitrogen and oxygen atoms in total. The average Bonchev–Trinajstić information content (AvgIpc) is 2.88. The molecule has 0 aromatic heterocycles. The second-order valence-electron chi connectivity index (χ2n) is 6.77. The second kappa shape index (κ2) is 5.74. The molecule has 0 radical (unpaired) electrons. The van der Waals surface area contributed by atoms with Gasteiger partial charge in [-0.25, -0.2) is 4.89 Å². The second-order valence-corrected chi connectivity index (χ2v) is 6.77. The van der Waals surface area contributed by atoms with Gasteiger partial charge >= 0.3 is 0 Å². The maximum atomic E-state index is 6.36. The lowest BCUT2D eigenvalue weighted by Gasteiger charge is -2.49. The summed E-state index contributed by atoms with van der Waals surface area (Å²) in [5.41, 5.74) is 0.480. The molecular formula is C18H24O5. The number of rotatable bonds is 3. The van der Waals surface area contributed by atoms with E-state index in [0.29, 0.717) is 5.92 Å². The molecule has 0 N–H and O–H groups in total.